The molecule has 0 unspecified atom stereocenters. The van der Waals surface area contributed by atoms with Crippen LogP contribution in [0.5, 0.6) is 0 Å². The highest BCUT2D eigenvalue weighted by Gasteiger charge is 2.27. The summed E-state index contributed by atoms with van der Waals surface area (Å²) in [6, 6.07) is 16.5. The lowest BCUT2D eigenvalue weighted by Crippen LogP contribution is -2.15. The molecule has 0 fully saturated rings. The lowest BCUT2D eigenvalue weighted by atomic mass is 9.83. The minimum absolute atomic E-state index is 0.168. The molecule has 0 spiro atoms. The first-order valence-corrected chi connectivity index (χ1v) is 12.2. The Morgan fingerprint density at radius 3 is 1.96 bits per heavy atom. The van der Waals surface area contributed by atoms with Crippen LogP contribution in [0.4, 0.5) is 0 Å². The predicted octanol–water partition coefficient (Wildman–Crippen LogP) is 6.26. The molecule has 3 rings (SSSR count). The molecule has 0 aromatic heterocycles. The minimum Gasteiger partial charge on any atom is -0.299 e. The molecule has 1 nitrogen and oxygen atoms in total. The molecule has 1 aliphatic carbocycles. The molecule has 0 aliphatic heterocycles. The van der Waals surface area contributed by atoms with Crippen LogP contribution in [-0.2, 0) is 4.79 Å². The number of hydrogen-bond donors (Lipinski definition) is 0. The molecule has 132 valence electrons. The second-order valence-corrected chi connectivity index (χ2v) is 12.8. The number of carbonyl (C=O) groups is 1. The molecule has 0 radical (unpaired) electrons. The topological polar surface area (TPSA) is 17.1 Å². The van der Waals surface area contributed by atoms with E-state index in [1.165, 1.54) is 0 Å². The first-order valence-electron chi connectivity index (χ1n) is 8.75. The van der Waals surface area contributed by atoms with E-state index < -0.39 is 9.24 Å². The lowest BCUT2D eigenvalue weighted by Gasteiger charge is -2.22. The van der Waals surface area contributed by atoms with Crippen molar-refractivity contribution in [2.45, 2.75) is 25.2 Å². The van der Waals surface area contributed by atoms with Crippen molar-refractivity contribution >= 4 is 37.9 Å². The number of rotatable bonds is 6. The Morgan fingerprint density at radius 2 is 1.44 bits per heavy atom. The Morgan fingerprint density at radius 1 is 0.920 bits per heavy atom. The molecule has 0 amide bonds. The largest absolute Gasteiger partial charge is 0.299 e. The lowest BCUT2D eigenvalue weighted by molar-refractivity contribution is -0.119. The number of ketones is 1. The zero-order chi connectivity index (χ0) is 17.9. The fourth-order valence-corrected chi connectivity index (χ4v) is 4.65. The zero-order valence-corrected chi connectivity index (χ0v) is 16.4. The molecule has 0 bridgehead atoms. The van der Waals surface area contributed by atoms with E-state index in [1.807, 2.05) is 24.3 Å². The maximum absolute atomic E-state index is 13.1. The number of fused-ring (bicyclic) bond motifs is 2. The maximum Gasteiger partial charge on any atom is 0.144 e. The van der Waals surface area contributed by atoms with Crippen LogP contribution in [0.1, 0.15) is 47.4 Å². The molecule has 2 aromatic carbocycles. The Hall–Kier alpha value is -1.51. The van der Waals surface area contributed by atoms with Gasteiger partial charge in [0.1, 0.15) is 5.78 Å². The van der Waals surface area contributed by atoms with Crippen LogP contribution in [-0.4, -0.2) is 24.0 Å². The van der Waals surface area contributed by atoms with Crippen LogP contribution >= 0.6 is 19.9 Å². The van der Waals surface area contributed by atoms with Crippen molar-refractivity contribution in [3.05, 3.63) is 70.8 Å². The summed E-state index contributed by atoms with van der Waals surface area (Å²) in [5.41, 5.74) is 4.53. The molecule has 1 aliphatic rings. The van der Waals surface area contributed by atoms with Crippen molar-refractivity contribution in [1.29, 1.82) is 0 Å². The van der Waals surface area contributed by atoms with Crippen LogP contribution in [0.25, 0.3) is 12.2 Å². The van der Waals surface area contributed by atoms with E-state index in [0.29, 0.717) is 12.2 Å². The number of hydrogen-bond acceptors (Lipinski definition) is 1. The zero-order valence-electron chi connectivity index (χ0n) is 14.9. The van der Waals surface area contributed by atoms with Gasteiger partial charge < -0.3 is 0 Å². The third kappa shape index (κ3) is 4.56. The number of benzene rings is 2. The maximum atomic E-state index is 13.1. The molecule has 0 saturated carbocycles. The van der Waals surface area contributed by atoms with Gasteiger partial charge in [0.2, 0.25) is 0 Å². The molecule has 0 heterocycles. The van der Waals surface area contributed by atoms with E-state index >= 15 is 0 Å². The van der Waals surface area contributed by atoms with Gasteiger partial charge in [-0.1, -0.05) is 71.4 Å². The summed E-state index contributed by atoms with van der Waals surface area (Å²) in [6.45, 7) is 0. The summed E-state index contributed by atoms with van der Waals surface area (Å²) < 4.78 is 0. The van der Waals surface area contributed by atoms with Crippen molar-refractivity contribution in [3.63, 3.8) is 0 Å². The quantitative estimate of drug-likeness (QED) is 0.547. The number of unbranched alkanes of at least 4 members (excludes halogenated alkanes) is 1. The van der Waals surface area contributed by atoms with Crippen molar-refractivity contribution in [1.82, 2.24) is 0 Å². The molecular formula is C22H25ClOS. The van der Waals surface area contributed by atoms with Gasteiger partial charge >= 0.3 is 0 Å². The van der Waals surface area contributed by atoms with Gasteiger partial charge in [0.05, 0.1) is 5.92 Å². The van der Waals surface area contributed by atoms with Gasteiger partial charge in [-0.25, -0.2) is 0 Å². The highest BCUT2D eigenvalue weighted by atomic mass is 35.7. The number of Topliss-reactive ketones (excluding diaryl/α,β-unsaturated/α-hetero) is 1. The molecule has 25 heavy (non-hydrogen) atoms. The van der Waals surface area contributed by atoms with Crippen LogP contribution in [0, 0.1) is 0 Å². The standard InChI is InChI=1S/C22H25ClOS/c1-25(2,23)16-8-7-13-21(24)22-19-11-5-3-9-17(19)14-15-18-10-4-6-12-20(18)22/h3-6,9-12,14-15,22H,7-8,13,16H2,1-2H3. The van der Waals surface area contributed by atoms with E-state index in [4.69, 9.17) is 10.7 Å². The van der Waals surface area contributed by atoms with Gasteiger partial charge in [-0.2, -0.15) is 9.24 Å². The van der Waals surface area contributed by atoms with Crippen LogP contribution in [0.15, 0.2) is 48.5 Å². The van der Waals surface area contributed by atoms with Crippen molar-refractivity contribution < 1.29 is 4.79 Å². The Labute approximate surface area is 156 Å². The van der Waals surface area contributed by atoms with Crippen molar-refractivity contribution in [2.75, 3.05) is 18.3 Å². The molecule has 0 N–H and O–H groups in total. The highest BCUT2D eigenvalue weighted by Crippen LogP contribution is 2.46. The second kappa shape index (κ2) is 7.80. The summed E-state index contributed by atoms with van der Waals surface area (Å²) in [5.74, 6) is 1.16. The third-order valence-corrected chi connectivity index (χ3v) is 6.40. The molecular weight excluding hydrogens is 348 g/mol. The Balaban J connectivity index is 1.84. The van der Waals surface area contributed by atoms with Crippen molar-refractivity contribution in [2.24, 2.45) is 0 Å². The van der Waals surface area contributed by atoms with Gasteiger partial charge in [-0.05, 0) is 53.4 Å². The first-order chi connectivity index (χ1) is 12.0. The molecule has 2 aromatic rings. The fraction of sp³-hybridized carbons (Fsp3) is 0.318. The summed E-state index contributed by atoms with van der Waals surface area (Å²) in [6.07, 6.45) is 11.0. The average molecular weight is 373 g/mol. The smallest absolute Gasteiger partial charge is 0.144 e. The SMILES string of the molecule is CS(C)(Cl)CCCCC(=O)C1c2ccccc2C=Cc2ccccc21. The second-order valence-electron chi connectivity index (χ2n) is 7.06. The predicted molar refractivity (Wildman–Crippen MR) is 113 cm³/mol. The normalized spacial score (nSPS) is 14.5. The van der Waals surface area contributed by atoms with Gasteiger partial charge in [-0.3, -0.25) is 4.79 Å². The average Bonchev–Trinajstić information content (AvgIpc) is 2.74. The summed E-state index contributed by atoms with van der Waals surface area (Å²) >= 11 is 0. The molecule has 0 saturated heterocycles. The van der Waals surface area contributed by atoms with Gasteiger partial charge in [0, 0.05) is 6.42 Å². The van der Waals surface area contributed by atoms with Crippen LogP contribution < -0.4 is 0 Å². The summed E-state index contributed by atoms with van der Waals surface area (Å²) in [4.78, 5) is 13.1. The van der Waals surface area contributed by atoms with E-state index in [-0.39, 0.29) is 5.92 Å². The number of halogens is 1. The van der Waals surface area contributed by atoms with E-state index in [2.05, 4.69) is 48.9 Å². The summed E-state index contributed by atoms with van der Waals surface area (Å²) in [7, 11) is 5.34. The summed E-state index contributed by atoms with van der Waals surface area (Å²) in [5, 5.41) is 0. The van der Waals surface area contributed by atoms with Gasteiger partial charge in [0.15, 0.2) is 0 Å². The number of carbonyl (C=O) groups excluding carboxylic acids is 1. The Kier molecular flexibility index (Phi) is 5.71. The van der Waals surface area contributed by atoms with E-state index in [9.17, 15) is 4.79 Å². The molecule has 0 atom stereocenters. The van der Waals surface area contributed by atoms with E-state index in [1.54, 1.807) is 0 Å². The third-order valence-electron chi connectivity index (χ3n) is 4.68. The monoisotopic (exact) mass is 372 g/mol. The van der Waals surface area contributed by atoms with E-state index in [0.717, 1.165) is 40.8 Å². The van der Waals surface area contributed by atoms with Crippen molar-refractivity contribution in [3.8, 4) is 0 Å². The van der Waals surface area contributed by atoms with Crippen LogP contribution in [0.3, 0.4) is 0 Å². The minimum atomic E-state index is -0.999. The van der Waals surface area contributed by atoms with Gasteiger partial charge in [0.25, 0.3) is 0 Å². The highest BCUT2D eigenvalue weighted by molar-refractivity contribution is 8.50. The first kappa shape index (κ1) is 18.3. The molecule has 3 heteroatoms. The van der Waals surface area contributed by atoms with Gasteiger partial charge in [-0.15, -0.1) is 0 Å². The fourth-order valence-electron chi connectivity index (χ4n) is 3.43. The van der Waals surface area contributed by atoms with Crippen LogP contribution in [0.2, 0.25) is 0 Å². The Bertz CT molecular complexity index is 739.